The highest BCUT2D eigenvalue weighted by molar-refractivity contribution is 8.00. The summed E-state index contributed by atoms with van der Waals surface area (Å²) >= 11 is 1.35. The topological polar surface area (TPSA) is 46.5 Å². The molecule has 0 heterocycles. The molecule has 0 spiro atoms. The van der Waals surface area contributed by atoms with Gasteiger partial charge in [-0.25, -0.2) is 4.79 Å². The minimum absolute atomic E-state index is 0.737. The third-order valence-corrected chi connectivity index (χ3v) is 4.83. The van der Waals surface area contributed by atoms with Crippen LogP contribution in [0.4, 0.5) is 0 Å². The Labute approximate surface area is 170 Å². The predicted molar refractivity (Wildman–Crippen MR) is 119 cm³/mol. The van der Waals surface area contributed by atoms with Gasteiger partial charge in [-0.3, -0.25) is 0 Å². The van der Waals surface area contributed by atoms with Crippen LogP contribution in [0.3, 0.4) is 0 Å². The lowest BCUT2D eigenvalue weighted by Crippen LogP contribution is -2.18. The van der Waals surface area contributed by atoms with Crippen molar-refractivity contribution in [2.75, 3.05) is 12.9 Å². The molecular formula is C23H36O3S. The molecule has 0 bridgehead atoms. The molecule has 0 aromatic heterocycles. The molecule has 0 aliphatic carbocycles. The van der Waals surface area contributed by atoms with E-state index in [0.29, 0.717) is 0 Å². The Morgan fingerprint density at radius 1 is 0.852 bits per heavy atom. The number of thioether (sulfide) groups is 1. The number of methoxy groups -OCH3 is 1. The Balaban J connectivity index is 3.51. The average Bonchev–Trinajstić information content (AvgIpc) is 2.66. The monoisotopic (exact) mass is 392 g/mol. The zero-order valence-electron chi connectivity index (χ0n) is 16.9. The summed E-state index contributed by atoms with van der Waals surface area (Å²) in [7, 11) is 1.43. The Kier molecular flexibility index (Phi) is 19.6. The maximum absolute atomic E-state index is 10.8. The number of hydrogen-bond acceptors (Lipinski definition) is 3. The second kappa shape index (κ2) is 20.8. The summed E-state index contributed by atoms with van der Waals surface area (Å²) < 4.78 is 4.88. The summed E-state index contributed by atoms with van der Waals surface area (Å²) in [5.74, 6) is -0.0875. The Hall–Kier alpha value is -1.52. The zero-order chi connectivity index (χ0) is 20.0. The number of allylic oxidation sites excluding steroid dienone is 10. The van der Waals surface area contributed by atoms with Crippen molar-refractivity contribution in [1.82, 2.24) is 0 Å². The molecule has 0 aliphatic heterocycles. The van der Waals surface area contributed by atoms with E-state index in [4.69, 9.17) is 9.84 Å². The normalized spacial score (nSPS) is 13.9. The second-order valence-corrected chi connectivity index (χ2v) is 7.15. The van der Waals surface area contributed by atoms with Gasteiger partial charge in [0.2, 0.25) is 0 Å². The van der Waals surface area contributed by atoms with E-state index < -0.39 is 11.4 Å². The van der Waals surface area contributed by atoms with Gasteiger partial charge in [0.25, 0.3) is 0 Å². The van der Waals surface area contributed by atoms with E-state index in [2.05, 4.69) is 67.7 Å². The van der Waals surface area contributed by atoms with Gasteiger partial charge in [-0.2, -0.15) is 0 Å². The van der Waals surface area contributed by atoms with Gasteiger partial charge in [0.15, 0.2) is 5.44 Å². The zero-order valence-corrected chi connectivity index (χ0v) is 17.7. The van der Waals surface area contributed by atoms with Crippen LogP contribution in [0.5, 0.6) is 0 Å². The molecule has 27 heavy (non-hydrogen) atoms. The molecule has 152 valence electrons. The maximum Gasteiger partial charge on any atom is 0.343 e. The van der Waals surface area contributed by atoms with Gasteiger partial charge in [0, 0.05) is 7.11 Å². The van der Waals surface area contributed by atoms with E-state index in [1.165, 1.54) is 18.9 Å². The molecule has 4 heteroatoms. The summed E-state index contributed by atoms with van der Waals surface area (Å²) in [6.07, 6.45) is 30.2. The van der Waals surface area contributed by atoms with Crippen LogP contribution in [-0.2, 0) is 9.53 Å². The van der Waals surface area contributed by atoms with Crippen LogP contribution in [0.2, 0.25) is 0 Å². The summed E-state index contributed by atoms with van der Waals surface area (Å²) in [5.41, 5.74) is -0.737. The number of rotatable bonds is 17. The molecule has 1 atom stereocenters. The first-order chi connectivity index (χ1) is 13.2. The average molecular weight is 393 g/mol. The first-order valence-corrected chi connectivity index (χ1v) is 10.9. The van der Waals surface area contributed by atoms with Crippen LogP contribution in [0.1, 0.15) is 58.3 Å². The highest BCUT2D eigenvalue weighted by Gasteiger charge is 2.15. The van der Waals surface area contributed by atoms with Gasteiger partial charge in [-0.05, 0) is 57.1 Å². The molecule has 0 radical (unpaired) electrons. The Morgan fingerprint density at radius 3 is 1.78 bits per heavy atom. The second-order valence-electron chi connectivity index (χ2n) is 5.98. The van der Waals surface area contributed by atoms with Crippen LogP contribution in [-0.4, -0.2) is 29.4 Å². The van der Waals surface area contributed by atoms with E-state index in [1.54, 1.807) is 0 Å². The fourth-order valence-electron chi connectivity index (χ4n) is 2.16. The first kappa shape index (κ1) is 25.5. The highest BCUT2D eigenvalue weighted by Crippen LogP contribution is 2.14. The van der Waals surface area contributed by atoms with Crippen molar-refractivity contribution in [1.29, 1.82) is 0 Å². The quantitative estimate of drug-likeness (QED) is 0.170. The fourth-order valence-corrected chi connectivity index (χ4v) is 3.03. The SMILES string of the molecule is CC/C=C\C/C=C\C/C=C\C/C=C\C/C=C\CCCCSC(OC)C(=O)O. The van der Waals surface area contributed by atoms with Crippen molar-refractivity contribution in [3.8, 4) is 0 Å². The van der Waals surface area contributed by atoms with Gasteiger partial charge in [-0.15, -0.1) is 11.8 Å². The number of hydrogen-bond donors (Lipinski definition) is 1. The fraction of sp³-hybridized carbons (Fsp3) is 0.522. The van der Waals surface area contributed by atoms with Gasteiger partial charge in [0.05, 0.1) is 0 Å². The summed E-state index contributed by atoms with van der Waals surface area (Å²) in [4.78, 5) is 10.8. The van der Waals surface area contributed by atoms with Crippen LogP contribution in [0, 0.1) is 0 Å². The highest BCUT2D eigenvalue weighted by atomic mass is 32.2. The number of carboxylic acids is 1. The van der Waals surface area contributed by atoms with Gasteiger partial charge in [-0.1, -0.05) is 67.7 Å². The van der Waals surface area contributed by atoms with Crippen molar-refractivity contribution in [3.05, 3.63) is 60.8 Å². The molecule has 0 saturated heterocycles. The lowest BCUT2D eigenvalue weighted by Gasteiger charge is -2.08. The maximum atomic E-state index is 10.8. The van der Waals surface area contributed by atoms with E-state index in [-0.39, 0.29) is 0 Å². The van der Waals surface area contributed by atoms with E-state index >= 15 is 0 Å². The molecule has 3 nitrogen and oxygen atoms in total. The number of unbranched alkanes of at least 4 members (excludes halogenated alkanes) is 2. The van der Waals surface area contributed by atoms with Crippen molar-refractivity contribution in [2.45, 2.75) is 63.7 Å². The van der Waals surface area contributed by atoms with Gasteiger partial charge < -0.3 is 9.84 Å². The van der Waals surface area contributed by atoms with Crippen LogP contribution >= 0.6 is 11.8 Å². The predicted octanol–water partition coefficient (Wildman–Crippen LogP) is 6.70. The number of carboxylic acid groups (broad SMARTS) is 1. The Bertz CT molecular complexity index is 490. The molecule has 0 aromatic rings. The number of aliphatic carboxylic acids is 1. The van der Waals surface area contributed by atoms with Crippen LogP contribution in [0.15, 0.2) is 60.8 Å². The minimum atomic E-state index is -0.902. The molecule has 0 aromatic carbocycles. The lowest BCUT2D eigenvalue weighted by molar-refractivity contribution is -0.143. The number of carbonyl (C=O) groups is 1. The van der Waals surface area contributed by atoms with Crippen molar-refractivity contribution < 1.29 is 14.6 Å². The summed E-state index contributed by atoms with van der Waals surface area (Å²) in [5, 5.41) is 8.85. The molecule has 0 fully saturated rings. The largest absolute Gasteiger partial charge is 0.479 e. The van der Waals surface area contributed by atoms with E-state index in [9.17, 15) is 4.79 Å². The van der Waals surface area contributed by atoms with E-state index in [1.807, 2.05) is 0 Å². The number of ether oxygens (including phenoxy) is 1. The standard InChI is InChI=1S/C23H36O3S/c1-3-4-5-6-7-8-9-10-11-12-13-14-15-16-17-18-19-20-21-27-23(26-2)22(24)25/h4-5,7-8,10-11,13-14,16-17,23H,3,6,9,12,15,18-21H2,1-2H3,(H,24,25)/b5-4-,8-7-,11-10-,14-13-,17-16-. The van der Waals surface area contributed by atoms with Crippen molar-refractivity contribution >= 4 is 17.7 Å². The molecule has 0 rings (SSSR count). The third-order valence-electron chi connectivity index (χ3n) is 3.61. The summed E-state index contributed by atoms with van der Waals surface area (Å²) in [6, 6.07) is 0. The summed E-state index contributed by atoms with van der Waals surface area (Å²) in [6.45, 7) is 2.15. The van der Waals surface area contributed by atoms with Gasteiger partial charge in [0.1, 0.15) is 0 Å². The van der Waals surface area contributed by atoms with Crippen molar-refractivity contribution in [2.24, 2.45) is 0 Å². The molecule has 1 unspecified atom stereocenters. The van der Waals surface area contributed by atoms with Crippen LogP contribution in [0.25, 0.3) is 0 Å². The molecule has 0 amide bonds. The van der Waals surface area contributed by atoms with Crippen molar-refractivity contribution in [3.63, 3.8) is 0 Å². The molecule has 0 aliphatic rings. The molecule has 1 N–H and O–H groups in total. The van der Waals surface area contributed by atoms with Gasteiger partial charge >= 0.3 is 5.97 Å². The van der Waals surface area contributed by atoms with E-state index in [0.717, 1.165) is 57.1 Å². The lowest BCUT2D eigenvalue weighted by atomic mass is 10.2. The third kappa shape index (κ3) is 19.1. The first-order valence-electron chi connectivity index (χ1n) is 9.84. The Morgan fingerprint density at radius 2 is 1.33 bits per heavy atom. The smallest absolute Gasteiger partial charge is 0.343 e. The van der Waals surface area contributed by atoms with Crippen LogP contribution < -0.4 is 0 Å². The molecule has 0 saturated carbocycles. The minimum Gasteiger partial charge on any atom is -0.479 e. The molecular weight excluding hydrogens is 356 g/mol.